The molecule has 1 heterocycles. The Bertz CT molecular complexity index is 202. The van der Waals surface area contributed by atoms with Gasteiger partial charge in [-0.25, -0.2) is 0 Å². The van der Waals surface area contributed by atoms with E-state index in [1.54, 1.807) is 0 Å². The van der Waals surface area contributed by atoms with Crippen LogP contribution in [0, 0.1) is 0 Å². The van der Waals surface area contributed by atoms with Crippen molar-refractivity contribution in [3.8, 4) is 0 Å². The smallest absolute Gasteiger partial charge is 0.0702 e. The molecule has 0 radical (unpaired) electrons. The van der Waals surface area contributed by atoms with Crippen molar-refractivity contribution in [2.75, 3.05) is 26.2 Å². The zero-order valence-electron chi connectivity index (χ0n) is 12.6. The molecule has 1 saturated heterocycles. The van der Waals surface area contributed by atoms with Gasteiger partial charge in [0, 0.05) is 25.2 Å². The standard InChI is InChI=1S/C15H32N2O/c1-4-10-17(15(5-2,6-3)13-16)12-14-9-7-8-11-18-14/h14H,4-13,16H2,1-3H3. The molecule has 0 bridgehead atoms. The fraction of sp³-hybridized carbons (Fsp3) is 1.00. The van der Waals surface area contributed by atoms with Crippen LogP contribution in [0.2, 0.25) is 0 Å². The molecule has 108 valence electrons. The number of nitrogens with two attached hydrogens (primary N) is 1. The van der Waals surface area contributed by atoms with Gasteiger partial charge >= 0.3 is 0 Å². The van der Waals surface area contributed by atoms with E-state index in [-0.39, 0.29) is 5.54 Å². The summed E-state index contributed by atoms with van der Waals surface area (Å²) < 4.78 is 5.90. The van der Waals surface area contributed by atoms with Crippen molar-refractivity contribution in [2.45, 2.75) is 70.9 Å². The Morgan fingerprint density at radius 1 is 1.22 bits per heavy atom. The van der Waals surface area contributed by atoms with Crippen LogP contribution in [-0.4, -0.2) is 42.8 Å². The molecule has 0 aromatic heterocycles. The summed E-state index contributed by atoms with van der Waals surface area (Å²) in [6.07, 6.45) is 7.64. The van der Waals surface area contributed by atoms with E-state index in [2.05, 4.69) is 25.7 Å². The molecule has 0 aliphatic carbocycles. The zero-order valence-corrected chi connectivity index (χ0v) is 12.6. The molecule has 1 fully saturated rings. The van der Waals surface area contributed by atoms with Crippen LogP contribution in [0.25, 0.3) is 0 Å². The van der Waals surface area contributed by atoms with E-state index in [0.717, 1.165) is 39.1 Å². The Hall–Kier alpha value is -0.120. The molecule has 2 N–H and O–H groups in total. The van der Waals surface area contributed by atoms with Gasteiger partial charge in [0.15, 0.2) is 0 Å². The Kier molecular flexibility index (Phi) is 7.20. The fourth-order valence-electron chi connectivity index (χ4n) is 3.10. The second-order valence-corrected chi connectivity index (χ2v) is 5.57. The summed E-state index contributed by atoms with van der Waals surface area (Å²) >= 11 is 0. The fourth-order valence-corrected chi connectivity index (χ4v) is 3.10. The lowest BCUT2D eigenvalue weighted by Crippen LogP contribution is -2.56. The van der Waals surface area contributed by atoms with Crippen molar-refractivity contribution < 1.29 is 4.74 Å². The molecule has 0 aromatic carbocycles. The molecule has 1 aliphatic heterocycles. The van der Waals surface area contributed by atoms with Crippen LogP contribution < -0.4 is 5.73 Å². The van der Waals surface area contributed by atoms with Crippen LogP contribution in [0.5, 0.6) is 0 Å². The Labute approximate surface area is 113 Å². The summed E-state index contributed by atoms with van der Waals surface area (Å²) in [7, 11) is 0. The normalized spacial score (nSPS) is 21.5. The minimum Gasteiger partial charge on any atom is -0.377 e. The zero-order chi connectivity index (χ0) is 13.4. The first-order valence-electron chi connectivity index (χ1n) is 7.79. The molecule has 0 saturated carbocycles. The average molecular weight is 256 g/mol. The third kappa shape index (κ3) is 3.94. The topological polar surface area (TPSA) is 38.5 Å². The molecule has 1 aliphatic rings. The van der Waals surface area contributed by atoms with E-state index in [4.69, 9.17) is 10.5 Å². The Balaban J connectivity index is 2.66. The largest absolute Gasteiger partial charge is 0.377 e. The molecular formula is C15H32N2O. The quantitative estimate of drug-likeness (QED) is 0.726. The lowest BCUT2D eigenvalue weighted by atomic mass is 9.89. The van der Waals surface area contributed by atoms with Crippen LogP contribution in [0.3, 0.4) is 0 Å². The van der Waals surface area contributed by atoms with Gasteiger partial charge in [0.05, 0.1) is 6.10 Å². The van der Waals surface area contributed by atoms with Gasteiger partial charge in [-0.15, -0.1) is 0 Å². The number of hydrogen-bond acceptors (Lipinski definition) is 3. The lowest BCUT2D eigenvalue weighted by molar-refractivity contribution is -0.0330. The van der Waals surface area contributed by atoms with Crippen LogP contribution >= 0.6 is 0 Å². The summed E-state index contributed by atoms with van der Waals surface area (Å²) in [5.74, 6) is 0. The van der Waals surface area contributed by atoms with Crippen LogP contribution in [0.15, 0.2) is 0 Å². The summed E-state index contributed by atoms with van der Waals surface area (Å²) in [4.78, 5) is 2.60. The molecule has 3 nitrogen and oxygen atoms in total. The van der Waals surface area contributed by atoms with Gasteiger partial charge in [-0.05, 0) is 45.1 Å². The molecule has 0 spiro atoms. The molecule has 0 amide bonds. The monoisotopic (exact) mass is 256 g/mol. The van der Waals surface area contributed by atoms with Crippen LogP contribution in [0.1, 0.15) is 59.3 Å². The van der Waals surface area contributed by atoms with Crippen LogP contribution in [-0.2, 0) is 4.74 Å². The number of rotatable bonds is 8. The lowest BCUT2D eigenvalue weighted by Gasteiger charge is -2.44. The first-order valence-corrected chi connectivity index (χ1v) is 7.79. The van der Waals surface area contributed by atoms with Crippen LogP contribution in [0.4, 0.5) is 0 Å². The average Bonchev–Trinajstić information content (AvgIpc) is 2.43. The van der Waals surface area contributed by atoms with Gasteiger partial charge in [0.25, 0.3) is 0 Å². The van der Waals surface area contributed by atoms with Crippen molar-refractivity contribution >= 4 is 0 Å². The third-order valence-corrected chi connectivity index (χ3v) is 4.56. The molecular weight excluding hydrogens is 224 g/mol. The minimum absolute atomic E-state index is 0.177. The number of nitrogens with zero attached hydrogens (tertiary/aromatic N) is 1. The predicted octanol–water partition coefficient (Wildman–Crippen LogP) is 2.79. The third-order valence-electron chi connectivity index (χ3n) is 4.56. The van der Waals surface area contributed by atoms with Crippen molar-refractivity contribution in [1.29, 1.82) is 0 Å². The highest BCUT2D eigenvalue weighted by Crippen LogP contribution is 2.25. The van der Waals surface area contributed by atoms with E-state index >= 15 is 0 Å². The molecule has 1 atom stereocenters. The molecule has 18 heavy (non-hydrogen) atoms. The van der Waals surface area contributed by atoms with E-state index in [9.17, 15) is 0 Å². The van der Waals surface area contributed by atoms with Crippen molar-refractivity contribution in [1.82, 2.24) is 4.90 Å². The van der Waals surface area contributed by atoms with E-state index in [1.165, 1.54) is 25.7 Å². The van der Waals surface area contributed by atoms with Crippen molar-refractivity contribution in [3.05, 3.63) is 0 Å². The maximum absolute atomic E-state index is 6.08. The van der Waals surface area contributed by atoms with E-state index in [0.29, 0.717) is 6.10 Å². The number of hydrogen-bond donors (Lipinski definition) is 1. The van der Waals surface area contributed by atoms with Gasteiger partial charge in [0.2, 0.25) is 0 Å². The maximum atomic E-state index is 6.08. The Morgan fingerprint density at radius 2 is 1.94 bits per heavy atom. The molecule has 0 aromatic rings. The molecule has 3 heteroatoms. The minimum atomic E-state index is 0.177. The van der Waals surface area contributed by atoms with Gasteiger partial charge in [0.1, 0.15) is 0 Å². The summed E-state index contributed by atoms with van der Waals surface area (Å²) in [6, 6.07) is 0. The van der Waals surface area contributed by atoms with Gasteiger partial charge in [-0.3, -0.25) is 4.90 Å². The molecule has 1 rings (SSSR count). The van der Waals surface area contributed by atoms with E-state index in [1.807, 2.05) is 0 Å². The SMILES string of the molecule is CCCN(CC1CCCCO1)C(CC)(CC)CN. The molecule has 1 unspecified atom stereocenters. The summed E-state index contributed by atoms with van der Waals surface area (Å²) in [6.45, 7) is 10.7. The highest BCUT2D eigenvalue weighted by Gasteiger charge is 2.33. The second-order valence-electron chi connectivity index (χ2n) is 5.57. The van der Waals surface area contributed by atoms with Crippen molar-refractivity contribution in [2.24, 2.45) is 5.73 Å². The predicted molar refractivity (Wildman–Crippen MR) is 77.8 cm³/mol. The maximum Gasteiger partial charge on any atom is 0.0702 e. The Morgan fingerprint density at radius 3 is 2.39 bits per heavy atom. The highest BCUT2D eigenvalue weighted by atomic mass is 16.5. The first-order chi connectivity index (χ1) is 8.72. The first kappa shape index (κ1) is 15.9. The summed E-state index contributed by atoms with van der Waals surface area (Å²) in [5, 5.41) is 0. The van der Waals surface area contributed by atoms with Gasteiger partial charge in [-0.1, -0.05) is 20.8 Å². The van der Waals surface area contributed by atoms with E-state index < -0.39 is 0 Å². The summed E-state index contributed by atoms with van der Waals surface area (Å²) in [5.41, 5.74) is 6.26. The second kappa shape index (κ2) is 8.13. The van der Waals surface area contributed by atoms with Gasteiger partial charge in [-0.2, -0.15) is 0 Å². The van der Waals surface area contributed by atoms with Gasteiger partial charge < -0.3 is 10.5 Å². The van der Waals surface area contributed by atoms with Crippen molar-refractivity contribution in [3.63, 3.8) is 0 Å². The highest BCUT2D eigenvalue weighted by molar-refractivity contribution is 4.90. The number of ether oxygens (including phenoxy) is 1.